The van der Waals surface area contributed by atoms with Crippen molar-refractivity contribution in [2.75, 3.05) is 23.9 Å². The number of carboxylic acids is 1. The van der Waals surface area contributed by atoms with Crippen LogP contribution in [-0.2, 0) is 27.2 Å². The number of para-hydroxylation sites is 1. The zero-order valence-electron chi connectivity index (χ0n) is 19.8. The Kier molecular flexibility index (Phi) is 5.78. The molecule has 4 unspecified atom stereocenters. The van der Waals surface area contributed by atoms with Gasteiger partial charge in [-0.2, -0.15) is 0 Å². The molecule has 0 bridgehead atoms. The Balaban J connectivity index is 1.84. The van der Waals surface area contributed by atoms with Gasteiger partial charge in [0.1, 0.15) is 5.54 Å². The van der Waals surface area contributed by atoms with Crippen LogP contribution in [0.2, 0.25) is 0 Å². The standard InChI is InChI=1S/C26H31N3O4/c1-6-15-9-8-10-16(7-2)22(15)29-23(30)19-20(24(29)31)26(3,25(32)33)27-21(19)17-11-13-18(14-12-17)28(4)5/h8-14,19-21,27H,6-7H2,1-5H3,(H,32,33). The Morgan fingerprint density at radius 2 is 1.61 bits per heavy atom. The minimum absolute atomic E-state index is 0.334. The number of nitrogens with zero attached hydrogens (tertiary/aromatic N) is 2. The van der Waals surface area contributed by atoms with Gasteiger partial charge in [-0.15, -0.1) is 0 Å². The first-order chi connectivity index (χ1) is 15.7. The van der Waals surface area contributed by atoms with E-state index in [1.54, 1.807) is 0 Å². The lowest BCUT2D eigenvalue weighted by Crippen LogP contribution is -2.53. The third-order valence-electron chi connectivity index (χ3n) is 7.19. The summed E-state index contributed by atoms with van der Waals surface area (Å²) in [6, 6.07) is 12.9. The summed E-state index contributed by atoms with van der Waals surface area (Å²) in [6.45, 7) is 5.49. The highest BCUT2D eigenvalue weighted by molar-refractivity contribution is 6.24. The Bertz CT molecular complexity index is 1090. The van der Waals surface area contributed by atoms with Gasteiger partial charge in [0, 0.05) is 25.8 Å². The number of carboxylic acid groups (broad SMARTS) is 1. The van der Waals surface area contributed by atoms with E-state index >= 15 is 0 Å². The van der Waals surface area contributed by atoms with E-state index in [9.17, 15) is 19.5 Å². The minimum atomic E-state index is -1.55. The molecular formula is C26H31N3O4. The summed E-state index contributed by atoms with van der Waals surface area (Å²) >= 11 is 0. The van der Waals surface area contributed by atoms with Crippen molar-refractivity contribution in [2.45, 2.75) is 45.2 Å². The highest BCUT2D eigenvalue weighted by Gasteiger charge is 2.67. The maximum absolute atomic E-state index is 13.9. The lowest BCUT2D eigenvalue weighted by molar-refractivity contribution is -0.147. The molecule has 2 aromatic rings. The molecule has 2 aliphatic rings. The van der Waals surface area contributed by atoms with Crippen LogP contribution in [0.3, 0.4) is 0 Å². The predicted molar refractivity (Wildman–Crippen MR) is 127 cm³/mol. The van der Waals surface area contributed by atoms with Crippen LogP contribution in [0.15, 0.2) is 42.5 Å². The number of fused-ring (bicyclic) bond motifs is 1. The lowest BCUT2D eigenvalue weighted by atomic mass is 9.80. The maximum atomic E-state index is 13.9. The molecule has 174 valence electrons. The predicted octanol–water partition coefficient (Wildman–Crippen LogP) is 3.17. The van der Waals surface area contributed by atoms with Crippen molar-refractivity contribution in [3.05, 3.63) is 59.2 Å². The smallest absolute Gasteiger partial charge is 0.324 e. The maximum Gasteiger partial charge on any atom is 0.324 e. The summed E-state index contributed by atoms with van der Waals surface area (Å²) in [5, 5.41) is 13.3. The van der Waals surface area contributed by atoms with Gasteiger partial charge in [0.2, 0.25) is 11.8 Å². The highest BCUT2D eigenvalue weighted by Crippen LogP contribution is 2.50. The van der Waals surface area contributed by atoms with Crippen molar-refractivity contribution in [2.24, 2.45) is 11.8 Å². The number of hydrogen-bond donors (Lipinski definition) is 2. The normalized spacial score (nSPS) is 26.6. The molecule has 2 fully saturated rings. The van der Waals surface area contributed by atoms with Crippen molar-refractivity contribution >= 4 is 29.2 Å². The van der Waals surface area contributed by atoms with Gasteiger partial charge in [-0.1, -0.05) is 44.2 Å². The first-order valence-electron chi connectivity index (χ1n) is 11.4. The van der Waals surface area contributed by atoms with Crippen molar-refractivity contribution in [3.63, 3.8) is 0 Å². The second kappa shape index (κ2) is 8.30. The molecule has 33 heavy (non-hydrogen) atoms. The number of anilines is 2. The summed E-state index contributed by atoms with van der Waals surface area (Å²) in [4.78, 5) is 43.3. The fourth-order valence-corrected chi connectivity index (χ4v) is 5.32. The molecule has 2 heterocycles. The molecule has 2 amide bonds. The summed E-state index contributed by atoms with van der Waals surface area (Å²) in [7, 11) is 3.88. The second-order valence-corrected chi connectivity index (χ2v) is 9.26. The molecular weight excluding hydrogens is 418 g/mol. The monoisotopic (exact) mass is 449 g/mol. The largest absolute Gasteiger partial charge is 0.480 e. The number of aryl methyl sites for hydroxylation is 2. The SMILES string of the molecule is CCc1cccc(CC)c1N1C(=O)C2C(c3ccc(N(C)C)cc3)NC(C)(C(=O)O)C2C1=O. The van der Waals surface area contributed by atoms with Crippen LogP contribution in [0, 0.1) is 11.8 Å². The molecule has 0 radical (unpaired) electrons. The quantitative estimate of drug-likeness (QED) is 0.659. The number of hydrogen-bond acceptors (Lipinski definition) is 5. The van der Waals surface area contributed by atoms with Crippen LogP contribution >= 0.6 is 0 Å². The van der Waals surface area contributed by atoms with E-state index in [4.69, 9.17) is 0 Å². The topological polar surface area (TPSA) is 90.0 Å². The Hall–Kier alpha value is -3.19. The van der Waals surface area contributed by atoms with Gasteiger partial charge in [-0.25, -0.2) is 4.90 Å². The first-order valence-corrected chi connectivity index (χ1v) is 11.4. The minimum Gasteiger partial charge on any atom is -0.480 e. The van der Waals surface area contributed by atoms with Crippen LogP contribution in [-0.4, -0.2) is 42.5 Å². The van der Waals surface area contributed by atoms with Crippen molar-refractivity contribution in [1.82, 2.24) is 5.32 Å². The van der Waals surface area contributed by atoms with E-state index in [2.05, 4.69) is 5.32 Å². The van der Waals surface area contributed by atoms with Crippen LogP contribution in [0.25, 0.3) is 0 Å². The fourth-order valence-electron chi connectivity index (χ4n) is 5.32. The number of rotatable bonds is 6. The zero-order chi connectivity index (χ0) is 24.1. The molecule has 0 saturated carbocycles. The van der Waals surface area contributed by atoms with E-state index < -0.39 is 35.3 Å². The van der Waals surface area contributed by atoms with Crippen molar-refractivity contribution in [1.29, 1.82) is 0 Å². The third-order valence-corrected chi connectivity index (χ3v) is 7.19. The van der Waals surface area contributed by atoms with E-state index in [0.29, 0.717) is 18.5 Å². The lowest BCUT2D eigenvalue weighted by Gasteiger charge is -2.29. The summed E-state index contributed by atoms with van der Waals surface area (Å²) in [6.07, 6.45) is 1.33. The van der Waals surface area contributed by atoms with E-state index in [1.807, 2.05) is 75.3 Å². The van der Waals surface area contributed by atoms with Crippen LogP contribution < -0.4 is 15.1 Å². The van der Waals surface area contributed by atoms with Gasteiger partial charge >= 0.3 is 5.97 Å². The van der Waals surface area contributed by atoms with Gasteiger partial charge < -0.3 is 10.0 Å². The number of nitrogens with one attached hydrogen (secondary N) is 1. The number of carbonyl (C=O) groups excluding carboxylic acids is 2. The van der Waals surface area contributed by atoms with Crippen LogP contribution in [0.5, 0.6) is 0 Å². The number of aliphatic carboxylic acids is 1. The number of benzene rings is 2. The molecule has 0 aliphatic carbocycles. The van der Waals surface area contributed by atoms with Gasteiger partial charge in [0.25, 0.3) is 0 Å². The molecule has 7 nitrogen and oxygen atoms in total. The molecule has 4 atom stereocenters. The number of carbonyl (C=O) groups is 3. The van der Waals surface area contributed by atoms with Gasteiger partial charge in [0.15, 0.2) is 0 Å². The molecule has 4 rings (SSSR count). The average Bonchev–Trinajstić information content (AvgIpc) is 3.26. The molecule has 0 aromatic heterocycles. The highest BCUT2D eigenvalue weighted by atomic mass is 16.4. The van der Waals surface area contributed by atoms with Crippen LogP contribution in [0.4, 0.5) is 11.4 Å². The summed E-state index contributed by atoms with van der Waals surface area (Å²) in [5.41, 5.74) is 2.68. The zero-order valence-corrected chi connectivity index (χ0v) is 19.8. The average molecular weight is 450 g/mol. The Morgan fingerprint density at radius 3 is 2.09 bits per heavy atom. The Labute approximate surface area is 194 Å². The van der Waals surface area contributed by atoms with E-state index in [-0.39, 0.29) is 5.91 Å². The summed E-state index contributed by atoms with van der Waals surface area (Å²) < 4.78 is 0. The Morgan fingerprint density at radius 1 is 1.03 bits per heavy atom. The molecule has 7 heteroatoms. The fraction of sp³-hybridized carbons (Fsp3) is 0.423. The molecule has 2 N–H and O–H groups in total. The number of amides is 2. The van der Waals surface area contributed by atoms with E-state index in [0.717, 1.165) is 22.4 Å². The van der Waals surface area contributed by atoms with Gasteiger partial charge in [-0.3, -0.25) is 19.7 Å². The van der Waals surface area contributed by atoms with Crippen LogP contribution in [0.1, 0.15) is 43.5 Å². The second-order valence-electron chi connectivity index (χ2n) is 9.26. The molecule has 0 spiro atoms. The van der Waals surface area contributed by atoms with Gasteiger partial charge in [-0.05, 0) is 48.6 Å². The molecule has 2 aromatic carbocycles. The first kappa shape index (κ1) is 23.0. The van der Waals surface area contributed by atoms with Gasteiger partial charge in [0.05, 0.1) is 17.5 Å². The summed E-state index contributed by atoms with van der Waals surface area (Å²) in [5.74, 6) is -3.69. The molecule has 2 saturated heterocycles. The van der Waals surface area contributed by atoms with Crippen molar-refractivity contribution in [3.8, 4) is 0 Å². The van der Waals surface area contributed by atoms with E-state index in [1.165, 1.54) is 11.8 Å². The van der Waals surface area contributed by atoms with Crippen molar-refractivity contribution < 1.29 is 19.5 Å². The molecule has 2 aliphatic heterocycles. The number of imide groups is 1. The third kappa shape index (κ3) is 3.42.